The zero-order chi connectivity index (χ0) is 14.5. The van der Waals surface area contributed by atoms with Gasteiger partial charge >= 0.3 is 5.69 Å². The Balaban J connectivity index is 3.21. The van der Waals surface area contributed by atoms with Gasteiger partial charge in [0.2, 0.25) is 5.43 Å². The van der Waals surface area contributed by atoms with Crippen molar-refractivity contribution in [1.82, 2.24) is 14.1 Å². The molecule has 0 fully saturated rings. The second-order valence-corrected chi connectivity index (χ2v) is 4.54. The van der Waals surface area contributed by atoms with Crippen molar-refractivity contribution >= 4 is 22.5 Å². The quantitative estimate of drug-likeness (QED) is 0.657. The van der Waals surface area contributed by atoms with Crippen LogP contribution in [0, 0.1) is 0 Å². The second-order valence-electron chi connectivity index (χ2n) is 4.54. The third-order valence-electron chi connectivity index (χ3n) is 3.06. The van der Waals surface area contributed by atoms with Crippen LogP contribution in [0.2, 0.25) is 0 Å². The van der Waals surface area contributed by atoms with Gasteiger partial charge in [0.25, 0.3) is 5.56 Å². The number of rotatable bonds is 1. The summed E-state index contributed by atoms with van der Waals surface area (Å²) in [5, 5.41) is -0.0810. The van der Waals surface area contributed by atoms with E-state index < -0.39 is 16.7 Å². The first-order valence-corrected chi connectivity index (χ1v) is 5.56. The minimum Gasteiger partial charge on any atom is -0.383 e. The molecule has 0 radical (unpaired) electrons. The molecule has 102 valence electrons. The van der Waals surface area contributed by atoms with E-state index in [-0.39, 0.29) is 22.5 Å². The monoisotopic (exact) mass is 265 g/mol. The van der Waals surface area contributed by atoms with Crippen molar-refractivity contribution in [2.24, 2.45) is 14.1 Å². The number of H-pyrrole nitrogens is 1. The van der Waals surface area contributed by atoms with E-state index in [0.717, 1.165) is 4.57 Å². The molecule has 0 amide bonds. The average Bonchev–Trinajstić information content (AvgIpc) is 2.32. The zero-order valence-electron chi connectivity index (χ0n) is 11.1. The summed E-state index contributed by atoms with van der Waals surface area (Å²) in [4.78, 5) is 40.5. The highest BCUT2D eigenvalue weighted by molar-refractivity contribution is 5.83. The van der Waals surface area contributed by atoms with Crippen LogP contribution in [0.15, 0.2) is 14.4 Å². The maximum atomic E-state index is 12.4. The van der Waals surface area contributed by atoms with Crippen LogP contribution in [0.25, 0.3) is 11.0 Å². The molecule has 0 aliphatic carbocycles. The number of nitrogen functional groups attached to an aromatic ring is 1. The van der Waals surface area contributed by atoms with Crippen molar-refractivity contribution in [3.63, 3.8) is 0 Å². The van der Waals surface area contributed by atoms with Gasteiger partial charge in [0.1, 0.15) is 22.5 Å². The minimum absolute atomic E-state index is 0.0810. The average molecular weight is 265 g/mol. The molecular formula is C11H15N5O3. The molecule has 19 heavy (non-hydrogen) atoms. The second kappa shape index (κ2) is 4.01. The molecule has 0 atom stereocenters. The van der Waals surface area contributed by atoms with Crippen molar-refractivity contribution in [3.05, 3.63) is 31.1 Å². The Kier molecular flexibility index (Phi) is 2.73. The summed E-state index contributed by atoms with van der Waals surface area (Å²) < 4.78 is 2.08. The third-order valence-corrected chi connectivity index (χ3v) is 3.06. The van der Waals surface area contributed by atoms with Crippen LogP contribution in [0.5, 0.6) is 0 Å². The third kappa shape index (κ3) is 1.64. The van der Waals surface area contributed by atoms with E-state index in [1.807, 2.05) is 0 Å². The zero-order valence-corrected chi connectivity index (χ0v) is 11.1. The summed E-state index contributed by atoms with van der Waals surface area (Å²) >= 11 is 0. The van der Waals surface area contributed by atoms with E-state index >= 15 is 0 Å². The van der Waals surface area contributed by atoms with Crippen molar-refractivity contribution in [2.75, 3.05) is 24.7 Å². The number of aromatic amines is 1. The molecule has 0 spiro atoms. The highest BCUT2D eigenvalue weighted by atomic mass is 16.2. The Morgan fingerprint density at radius 1 is 1.11 bits per heavy atom. The fourth-order valence-corrected chi connectivity index (χ4v) is 2.07. The standard InChI is InChI=1S/C11H15N5O3/c1-14(2)6-7(17)5-9(13-8(6)12)15(3)11(19)16(4)10(5)18/h1-4H3,(H3,12,13,17). The van der Waals surface area contributed by atoms with Gasteiger partial charge in [-0.2, -0.15) is 0 Å². The summed E-state index contributed by atoms with van der Waals surface area (Å²) in [7, 11) is 6.10. The van der Waals surface area contributed by atoms with Gasteiger partial charge in [-0.3, -0.25) is 18.7 Å². The number of anilines is 2. The van der Waals surface area contributed by atoms with Crippen LogP contribution >= 0.6 is 0 Å². The molecule has 0 saturated carbocycles. The largest absolute Gasteiger partial charge is 0.383 e. The van der Waals surface area contributed by atoms with Crippen molar-refractivity contribution in [2.45, 2.75) is 0 Å². The molecule has 0 unspecified atom stereocenters. The van der Waals surface area contributed by atoms with Gasteiger partial charge in [-0.1, -0.05) is 0 Å². The van der Waals surface area contributed by atoms with Gasteiger partial charge < -0.3 is 15.6 Å². The molecule has 2 aromatic heterocycles. The number of pyridine rings is 1. The van der Waals surface area contributed by atoms with E-state index in [1.165, 1.54) is 23.6 Å². The van der Waals surface area contributed by atoms with E-state index in [1.54, 1.807) is 14.1 Å². The topological polar surface area (TPSA) is 106 Å². The lowest BCUT2D eigenvalue weighted by Gasteiger charge is -2.16. The van der Waals surface area contributed by atoms with Gasteiger partial charge in [-0.25, -0.2) is 4.79 Å². The number of hydrogen-bond donors (Lipinski definition) is 2. The van der Waals surface area contributed by atoms with Crippen LogP contribution in [0.3, 0.4) is 0 Å². The highest BCUT2D eigenvalue weighted by Crippen LogP contribution is 2.15. The fourth-order valence-electron chi connectivity index (χ4n) is 2.07. The Morgan fingerprint density at radius 3 is 2.21 bits per heavy atom. The molecule has 0 aromatic carbocycles. The van der Waals surface area contributed by atoms with Crippen LogP contribution in [-0.2, 0) is 14.1 Å². The van der Waals surface area contributed by atoms with Crippen molar-refractivity contribution < 1.29 is 0 Å². The fraction of sp³-hybridized carbons (Fsp3) is 0.364. The van der Waals surface area contributed by atoms with Crippen LogP contribution < -0.4 is 27.3 Å². The summed E-state index contributed by atoms with van der Waals surface area (Å²) in [6.07, 6.45) is 0. The number of nitrogens with one attached hydrogen (secondary N) is 1. The SMILES string of the molecule is CN(C)c1c(N)[nH]c2c(c1=O)c(=O)n(C)c(=O)n2C. The Hall–Kier alpha value is -2.51. The molecule has 8 heteroatoms. The lowest BCUT2D eigenvalue weighted by atomic mass is 10.2. The minimum atomic E-state index is -0.637. The number of hydrogen-bond acceptors (Lipinski definition) is 5. The van der Waals surface area contributed by atoms with Crippen LogP contribution in [0.4, 0.5) is 11.5 Å². The number of nitrogens with zero attached hydrogens (tertiary/aromatic N) is 3. The normalized spacial score (nSPS) is 10.9. The first-order valence-electron chi connectivity index (χ1n) is 5.56. The lowest BCUT2D eigenvalue weighted by molar-refractivity contribution is 0.707. The predicted molar refractivity (Wildman–Crippen MR) is 73.8 cm³/mol. The molecule has 2 rings (SSSR count). The molecule has 0 aliphatic heterocycles. The number of nitrogens with two attached hydrogens (primary N) is 1. The summed E-state index contributed by atoms with van der Waals surface area (Å²) in [6, 6.07) is 0. The smallest absolute Gasteiger partial charge is 0.332 e. The van der Waals surface area contributed by atoms with Crippen molar-refractivity contribution in [1.29, 1.82) is 0 Å². The Bertz CT molecular complexity index is 840. The first-order chi connectivity index (χ1) is 8.77. The molecule has 3 N–H and O–H groups in total. The van der Waals surface area contributed by atoms with Gasteiger partial charge in [-0.15, -0.1) is 0 Å². The molecule has 0 saturated heterocycles. The molecular weight excluding hydrogens is 250 g/mol. The Morgan fingerprint density at radius 2 is 1.68 bits per heavy atom. The van der Waals surface area contributed by atoms with Crippen LogP contribution in [0.1, 0.15) is 0 Å². The Labute approximate surface area is 107 Å². The molecule has 0 bridgehead atoms. The number of aryl methyl sites for hydroxylation is 1. The van der Waals surface area contributed by atoms with Gasteiger partial charge in [0.15, 0.2) is 0 Å². The van der Waals surface area contributed by atoms with Gasteiger partial charge in [0.05, 0.1) is 0 Å². The van der Waals surface area contributed by atoms with Crippen molar-refractivity contribution in [3.8, 4) is 0 Å². The van der Waals surface area contributed by atoms with E-state index in [2.05, 4.69) is 4.98 Å². The molecule has 0 aliphatic rings. The summed E-state index contributed by atoms with van der Waals surface area (Å²) in [5.41, 5.74) is 4.44. The summed E-state index contributed by atoms with van der Waals surface area (Å²) in [5.74, 6) is 0.116. The first kappa shape index (κ1) is 12.9. The van der Waals surface area contributed by atoms with E-state index in [4.69, 9.17) is 5.73 Å². The van der Waals surface area contributed by atoms with E-state index in [0.29, 0.717) is 0 Å². The number of fused-ring (bicyclic) bond motifs is 1. The van der Waals surface area contributed by atoms with Crippen LogP contribution in [-0.4, -0.2) is 28.2 Å². The maximum absolute atomic E-state index is 12.4. The molecule has 8 nitrogen and oxygen atoms in total. The molecule has 2 aromatic rings. The number of aromatic nitrogens is 3. The summed E-state index contributed by atoms with van der Waals surface area (Å²) in [6.45, 7) is 0. The predicted octanol–water partition coefficient (Wildman–Crippen LogP) is -1.43. The lowest BCUT2D eigenvalue weighted by Crippen LogP contribution is -2.40. The molecule has 2 heterocycles. The van der Waals surface area contributed by atoms with E-state index in [9.17, 15) is 14.4 Å². The maximum Gasteiger partial charge on any atom is 0.332 e. The van der Waals surface area contributed by atoms with Gasteiger partial charge in [-0.05, 0) is 0 Å². The van der Waals surface area contributed by atoms with Gasteiger partial charge in [0, 0.05) is 28.2 Å². The highest BCUT2D eigenvalue weighted by Gasteiger charge is 2.18.